The molecule has 0 saturated carbocycles. The molecule has 0 bridgehead atoms. The van der Waals surface area contributed by atoms with Crippen molar-refractivity contribution in [3.05, 3.63) is 12.2 Å². The molecule has 0 aliphatic rings. The van der Waals surface area contributed by atoms with Crippen molar-refractivity contribution >= 4 is 19.8 Å². The topological polar surface area (TPSA) is 149 Å². The summed E-state index contributed by atoms with van der Waals surface area (Å²) in [6, 6.07) is 0. The molecule has 10 nitrogen and oxygen atoms in total. The summed E-state index contributed by atoms with van der Waals surface area (Å²) < 4.78 is 32.4. The molecule has 0 aliphatic carbocycles. The number of unbranched alkanes of at least 4 members (excludes halogenated alkanes) is 17. The van der Waals surface area contributed by atoms with Crippen LogP contribution in [-0.2, 0) is 32.7 Å². The van der Waals surface area contributed by atoms with Gasteiger partial charge in [0, 0.05) is 12.8 Å². The third kappa shape index (κ3) is 31.1. The van der Waals surface area contributed by atoms with Crippen LogP contribution in [0.15, 0.2) is 12.2 Å². The van der Waals surface area contributed by atoms with Gasteiger partial charge in [0.15, 0.2) is 6.10 Å². The molecule has 266 valence electrons. The van der Waals surface area contributed by atoms with E-state index in [-0.39, 0.29) is 19.4 Å². The number of ether oxygens (including phenoxy) is 2. The summed E-state index contributed by atoms with van der Waals surface area (Å²) in [6.07, 6.45) is 24.8. The van der Waals surface area contributed by atoms with Gasteiger partial charge in [-0.2, -0.15) is 0 Å². The molecular formula is C34H65O10P. The van der Waals surface area contributed by atoms with Crippen molar-refractivity contribution in [1.82, 2.24) is 0 Å². The predicted molar refractivity (Wildman–Crippen MR) is 178 cm³/mol. The van der Waals surface area contributed by atoms with E-state index in [9.17, 15) is 24.2 Å². The van der Waals surface area contributed by atoms with Crippen LogP contribution in [0.2, 0.25) is 0 Å². The lowest BCUT2D eigenvalue weighted by molar-refractivity contribution is -0.161. The van der Waals surface area contributed by atoms with Gasteiger partial charge in [0.1, 0.15) is 12.7 Å². The lowest BCUT2D eigenvalue weighted by atomic mass is 10.1. The fourth-order valence-electron chi connectivity index (χ4n) is 4.63. The Hall–Kier alpha value is -1.29. The van der Waals surface area contributed by atoms with Gasteiger partial charge in [0.2, 0.25) is 0 Å². The molecule has 3 atom stereocenters. The Labute approximate surface area is 273 Å². The lowest BCUT2D eigenvalue weighted by Gasteiger charge is -2.20. The highest BCUT2D eigenvalue weighted by Crippen LogP contribution is 2.43. The first-order chi connectivity index (χ1) is 21.7. The van der Waals surface area contributed by atoms with Gasteiger partial charge in [-0.25, -0.2) is 4.57 Å². The number of allylic oxidation sites excluding steroid dienone is 2. The highest BCUT2D eigenvalue weighted by atomic mass is 31.2. The van der Waals surface area contributed by atoms with Gasteiger partial charge < -0.3 is 24.6 Å². The molecule has 0 heterocycles. The highest BCUT2D eigenvalue weighted by Gasteiger charge is 2.27. The number of phosphoric acid groups is 1. The second kappa shape index (κ2) is 31.3. The Morgan fingerprint density at radius 2 is 1.09 bits per heavy atom. The van der Waals surface area contributed by atoms with Crippen LogP contribution in [0.25, 0.3) is 0 Å². The molecule has 0 amide bonds. The Morgan fingerprint density at radius 3 is 1.62 bits per heavy atom. The monoisotopic (exact) mass is 664 g/mol. The van der Waals surface area contributed by atoms with Gasteiger partial charge in [0.25, 0.3) is 0 Å². The van der Waals surface area contributed by atoms with Crippen LogP contribution in [0.4, 0.5) is 0 Å². The van der Waals surface area contributed by atoms with Gasteiger partial charge in [-0.05, 0) is 38.5 Å². The predicted octanol–water partition coefficient (Wildman–Crippen LogP) is 8.11. The van der Waals surface area contributed by atoms with Crippen molar-refractivity contribution in [2.75, 3.05) is 26.4 Å². The van der Waals surface area contributed by atoms with Crippen molar-refractivity contribution in [1.29, 1.82) is 0 Å². The zero-order chi connectivity index (χ0) is 33.4. The van der Waals surface area contributed by atoms with E-state index in [1.807, 2.05) is 0 Å². The van der Waals surface area contributed by atoms with Crippen molar-refractivity contribution in [3.8, 4) is 0 Å². The first-order valence-corrected chi connectivity index (χ1v) is 19.1. The maximum absolute atomic E-state index is 12.5. The molecule has 0 aliphatic heterocycles. The van der Waals surface area contributed by atoms with E-state index in [0.29, 0.717) is 12.8 Å². The standard InChI is InChI=1S/C34H65O10P/c1-3-5-7-9-11-13-14-15-16-18-20-22-24-26-34(38)44-32(30-43-45(39,40)42-28-31(36)27-35)29-41-33(37)25-23-21-19-17-12-10-8-6-4-2/h15-16,31-32,35-36H,3-14,17-30H2,1-2H3,(H,39,40)/b16-15+/t31-,32+/m0/s1. The summed E-state index contributed by atoms with van der Waals surface area (Å²) in [5.74, 6) is -0.945. The number of aliphatic hydroxyl groups excluding tert-OH is 2. The van der Waals surface area contributed by atoms with Crippen LogP contribution in [-0.4, -0.2) is 65.7 Å². The summed E-state index contributed by atoms with van der Waals surface area (Å²) in [6.45, 7) is 2.31. The van der Waals surface area contributed by atoms with Crippen LogP contribution in [0.3, 0.4) is 0 Å². The molecule has 11 heteroatoms. The summed E-state index contributed by atoms with van der Waals surface area (Å²) >= 11 is 0. The second-order valence-electron chi connectivity index (χ2n) is 11.9. The largest absolute Gasteiger partial charge is 0.472 e. The minimum Gasteiger partial charge on any atom is -0.462 e. The van der Waals surface area contributed by atoms with Gasteiger partial charge in [-0.3, -0.25) is 18.6 Å². The maximum atomic E-state index is 12.5. The Balaban J connectivity index is 4.43. The van der Waals surface area contributed by atoms with Crippen LogP contribution in [0.1, 0.15) is 155 Å². The highest BCUT2D eigenvalue weighted by molar-refractivity contribution is 7.47. The molecule has 0 radical (unpaired) electrons. The molecule has 0 aromatic heterocycles. The Morgan fingerprint density at radius 1 is 0.644 bits per heavy atom. The zero-order valence-electron chi connectivity index (χ0n) is 28.3. The minimum absolute atomic E-state index is 0.167. The van der Waals surface area contributed by atoms with E-state index in [2.05, 4.69) is 30.5 Å². The molecule has 0 saturated heterocycles. The lowest BCUT2D eigenvalue weighted by Crippen LogP contribution is -2.29. The average Bonchev–Trinajstić information content (AvgIpc) is 3.02. The number of carbonyl (C=O) groups excluding carboxylic acids is 2. The van der Waals surface area contributed by atoms with E-state index >= 15 is 0 Å². The van der Waals surface area contributed by atoms with E-state index in [4.69, 9.17) is 19.1 Å². The van der Waals surface area contributed by atoms with Crippen LogP contribution in [0, 0.1) is 0 Å². The van der Waals surface area contributed by atoms with Gasteiger partial charge in [-0.15, -0.1) is 0 Å². The quantitative estimate of drug-likeness (QED) is 0.0272. The zero-order valence-corrected chi connectivity index (χ0v) is 29.2. The van der Waals surface area contributed by atoms with Crippen molar-refractivity contribution in [2.45, 2.75) is 167 Å². The first kappa shape index (κ1) is 43.7. The number of hydrogen-bond donors (Lipinski definition) is 3. The number of hydrogen-bond acceptors (Lipinski definition) is 9. The second-order valence-corrected chi connectivity index (χ2v) is 13.4. The van der Waals surface area contributed by atoms with E-state index in [0.717, 1.165) is 44.9 Å². The fraction of sp³-hybridized carbons (Fsp3) is 0.882. The molecule has 0 aromatic rings. The van der Waals surface area contributed by atoms with Gasteiger partial charge in [0.05, 0.1) is 19.8 Å². The van der Waals surface area contributed by atoms with E-state index < -0.39 is 51.8 Å². The number of carbonyl (C=O) groups is 2. The third-order valence-corrected chi connectivity index (χ3v) is 8.37. The van der Waals surface area contributed by atoms with Crippen LogP contribution < -0.4 is 0 Å². The van der Waals surface area contributed by atoms with E-state index in [1.165, 1.54) is 70.6 Å². The summed E-state index contributed by atoms with van der Waals surface area (Å²) in [5.41, 5.74) is 0. The normalized spacial score (nSPS) is 14.3. The molecule has 1 unspecified atom stereocenters. The SMILES string of the molecule is CCCCCCCC/C=C/CCCCCC(=O)O[C@H](COC(=O)CCCCCCCCCCC)COP(=O)(O)OC[C@@H](O)CO. The maximum Gasteiger partial charge on any atom is 0.472 e. The van der Waals surface area contributed by atoms with Crippen molar-refractivity contribution < 1.29 is 47.8 Å². The smallest absolute Gasteiger partial charge is 0.462 e. The average molecular weight is 665 g/mol. The molecule has 0 rings (SSSR count). The number of phosphoric ester groups is 1. The van der Waals surface area contributed by atoms with Crippen LogP contribution in [0.5, 0.6) is 0 Å². The summed E-state index contributed by atoms with van der Waals surface area (Å²) in [4.78, 5) is 34.6. The number of rotatable bonds is 33. The Kier molecular flexibility index (Phi) is 30.4. The van der Waals surface area contributed by atoms with Gasteiger partial charge >= 0.3 is 19.8 Å². The molecule has 45 heavy (non-hydrogen) atoms. The van der Waals surface area contributed by atoms with Crippen molar-refractivity contribution in [3.63, 3.8) is 0 Å². The first-order valence-electron chi connectivity index (χ1n) is 17.6. The number of aliphatic hydroxyl groups is 2. The van der Waals surface area contributed by atoms with E-state index in [1.54, 1.807) is 0 Å². The fourth-order valence-corrected chi connectivity index (χ4v) is 5.42. The summed E-state index contributed by atoms with van der Waals surface area (Å²) in [7, 11) is -4.60. The Bertz CT molecular complexity index is 776. The molecular weight excluding hydrogens is 599 g/mol. The molecule has 0 aromatic carbocycles. The molecule has 0 spiro atoms. The minimum atomic E-state index is -4.60. The summed E-state index contributed by atoms with van der Waals surface area (Å²) in [5, 5.41) is 18.2. The van der Waals surface area contributed by atoms with Crippen LogP contribution >= 0.6 is 7.82 Å². The molecule has 3 N–H and O–H groups in total. The van der Waals surface area contributed by atoms with Crippen molar-refractivity contribution in [2.24, 2.45) is 0 Å². The molecule has 0 fully saturated rings. The van der Waals surface area contributed by atoms with Gasteiger partial charge in [-0.1, -0.05) is 116 Å². The number of esters is 2. The third-order valence-electron chi connectivity index (χ3n) is 7.42.